The monoisotopic (exact) mass is 605 g/mol. The molecule has 0 unspecified atom stereocenters. The molecule has 0 aliphatic carbocycles. The third kappa shape index (κ3) is 7.23. The van der Waals surface area contributed by atoms with Crippen LogP contribution in [-0.2, 0) is 9.59 Å². The SMILES string of the molecule is CN(C)CCN(C)C(=O)c1ccc(Cl)c(N=C2NC(=O)/C(=C/c3ccc4ncccc4c3)S2)c1OC(=O)C(F)(F)F. The number of amides is 2. The van der Waals surface area contributed by atoms with E-state index in [4.69, 9.17) is 11.6 Å². The Morgan fingerprint density at radius 3 is 2.61 bits per heavy atom. The Morgan fingerprint density at radius 2 is 1.90 bits per heavy atom. The molecule has 3 aromatic rings. The Kier molecular flexibility index (Phi) is 9.00. The van der Waals surface area contributed by atoms with E-state index in [1.807, 2.05) is 17.0 Å². The van der Waals surface area contributed by atoms with Crippen molar-refractivity contribution >= 4 is 69.0 Å². The first kappa shape index (κ1) is 30.0. The van der Waals surface area contributed by atoms with Gasteiger partial charge < -0.3 is 19.9 Å². The van der Waals surface area contributed by atoms with Crippen LogP contribution in [0.2, 0.25) is 5.02 Å². The summed E-state index contributed by atoms with van der Waals surface area (Å²) in [6.07, 6.45) is -2.08. The molecule has 214 valence electrons. The molecular weight excluding hydrogens is 583 g/mol. The first-order chi connectivity index (χ1) is 19.3. The Bertz CT molecular complexity index is 1590. The average Bonchev–Trinajstić information content (AvgIpc) is 3.26. The molecular formula is C27H23ClF3N5O4S. The molecule has 1 saturated heterocycles. The summed E-state index contributed by atoms with van der Waals surface area (Å²) in [6.45, 7) is 0.698. The van der Waals surface area contributed by atoms with Crippen LogP contribution in [0.1, 0.15) is 15.9 Å². The average molecular weight is 606 g/mol. The number of esters is 1. The summed E-state index contributed by atoms with van der Waals surface area (Å²) < 4.78 is 44.2. The van der Waals surface area contributed by atoms with Crippen molar-refractivity contribution in [3.8, 4) is 5.75 Å². The molecule has 0 radical (unpaired) electrons. The number of carbonyl (C=O) groups excluding carboxylic acids is 3. The summed E-state index contributed by atoms with van der Waals surface area (Å²) in [6, 6.07) is 11.5. The lowest BCUT2D eigenvalue weighted by Crippen LogP contribution is -2.34. The minimum absolute atomic E-state index is 0.0412. The number of hydrogen-bond donors (Lipinski definition) is 1. The van der Waals surface area contributed by atoms with Crippen LogP contribution in [0.4, 0.5) is 18.9 Å². The topological polar surface area (TPSA) is 104 Å². The summed E-state index contributed by atoms with van der Waals surface area (Å²) in [4.78, 5) is 49.5. The highest BCUT2D eigenvalue weighted by Gasteiger charge is 2.43. The number of alkyl halides is 3. The van der Waals surface area contributed by atoms with Gasteiger partial charge in [-0.2, -0.15) is 13.2 Å². The van der Waals surface area contributed by atoms with Crippen molar-refractivity contribution in [2.75, 3.05) is 34.2 Å². The number of hydrogen-bond acceptors (Lipinski definition) is 8. The second-order valence-electron chi connectivity index (χ2n) is 9.13. The zero-order chi connectivity index (χ0) is 29.9. The third-order valence-electron chi connectivity index (χ3n) is 5.76. The van der Waals surface area contributed by atoms with Gasteiger partial charge in [0.15, 0.2) is 10.9 Å². The summed E-state index contributed by atoms with van der Waals surface area (Å²) in [7, 11) is 5.03. The van der Waals surface area contributed by atoms with Crippen molar-refractivity contribution in [1.29, 1.82) is 0 Å². The summed E-state index contributed by atoms with van der Waals surface area (Å²) in [5, 5.41) is 3.14. The van der Waals surface area contributed by atoms with Crippen LogP contribution in [0.5, 0.6) is 5.75 Å². The molecule has 0 bridgehead atoms. The molecule has 0 atom stereocenters. The lowest BCUT2D eigenvalue weighted by atomic mass is 10.1. The van der Waals surface area contributed by atoms with Crippen LogP contribution in [0, 0.1) is 0 Å². The van der Waals surface area contributed by atoms with Gasteiger partial charge in [-0.15, -0.1) is 0 Å². The van der Waals surface area contributed by atoms with Crippen LogP contribution < -0.4 is 10.1 Å². The highest BCUT2D eigenvalue weighted by atomic mass is 35.5. The number of aromatic nitrogens is 1. The van der Waals surface area contributed by atoms with Crippen molar-refractivity contribution < 1.29 is 32.3 Å². The normalized spacial score (nSPS) is 15.6. The predicted octanol–water partition coefficient (Wildman–Crippen LogP) is 4.88. The van der Waals surface area contributed by atoms with Crippen LogP contribution in [-0.4, -0.2) is 78.1 Å². The maximum atomic E-state index is 13.2. The van der Waals surface area contributed by atoms with Gasteiger partial charge in [0, 0.05) is 31.7 Å². The van der Waals surface area contributed by atoms with E-state index < -0.39 is 35.4 Å². The number of rotatable bonds is 7. The quantitative estimate of drug-likeness (QED) is 0.233. The van der Waals surface area contributed by atoms with E-state index in [1.54, 1.807) is 44.6 Å². The molecule has 9 nitrogen and oxygen atoms in total. The molecule has 0 spiro atoms. The minimum Gasteiger partial charge on any atom is -0.417 e. The van der Waals surface area contributed by atoms with Gasteiger partial charge in [-0.25, -0.2) is 9.79 Å². The number of carbonyl (C=O) groups is 3. The standard InChI is InChI=1S/C27H23ClF3N5O4S/c1-35(2)11-12-36(3)24(38)17-7-8-18(28)21(22(17)40-25(39)27(29,30)31)33-26-34-23(37)20(41-26)14-15-6-9-19-16(13-15)5-4-10-32-19/h4-10,13-14H,11-12H2,1-3H3,(H,33,34,37)/b20-14-. The molecule has 14 heteroatoms. The van der Waals surface area contributed by atoms with E-state index in [9.17, 15) is 27.6 Å². The van der Waals surface area contributed by atoms with Crippen LogP contribution >= 0.6 is 23.4 Å². The number of nitrogens with one attached hydrogen (secondary N) is 1. The number of nitrogens with zero attached hydrogens (tertiary/aromatic N) is 4. The number of aliphatic imine (C=N–C) groups is 1. The molecule has 1 N–H and O–H groups in total. The van der Waals surface area contributed by atoms with E-state index in [-0.39, 0.29) is 27.2 Å². The van der Waals surface area contributed by atoms with Crippen LogP contribution in [0.25, 0.3) is 17.0 Å². The fourth-order valence-electron chi connectivity index (χ4n) is 3.65. The van der Waals surface area contributed by atoms with Crippen molar-refractivity contribution in [1.82, 2.24) is 20.1 Å². The second kappa shape index (κ2) is 12.3. The van der Waals surface area contributed by atoms with E-state index in [2.05, 4.69) is 20.0 Å². The third-order valence-corrected chi connectivity index (χ3v) is 6.97. The molecule has 0 saturated carbocycles. The number of amidine groups is 1. The predicted molar refractivity (Wildman–Crippen MR) is 151 cm³/mol. The molecule has 1 fully saturated rings. The highest BCUT2D eigenvalue weighted by Crippen LogP contribution is 2.41. The van der Waals surface area contributed by atoms with Crippen molar-refractivity contribution in [2.45, 2.75) is 6.18 Å². The second-order valence-corrected chi connectivity index (χ2v) is 10.6. The van der Waals surface area contributed by atoms with Gasteiger partial charge in [-0.05, 0) is 67.8 Å². The number of thioether (sulfide) groups is 1. The molecule has 4 rings (SSSR count). The summed E-state index contributed by atoms with van der Waals surface area (Å²) in [5.41, 5.74) is 0.702. The zero-order valence-corrected chi connectivity index (χ0v) is 23.5. The van der Waals surface area contributed by atoms with Crippen LogP contribution in [0.15, 0.2) is 58.6 Å². The lowest BCUT2D eigenvalue weighted by molar-refractivity contribution is -0.189. The first-order valence-electron chi connectivity index (χ1n) is 12.0. The molecule has 1 aliphatic heterocycles. The first-order valence-corrected chi connectivity index (χ1v) is 13.2. The number of likely N-dealkylation sites (N-methyl/N-ethyl adjacent to an activating group) is 2. The Labute approximate surface area is 242 Å². The number of pyridine rings is 1. The van der Waals surface area contributed by atoms with E-state index in [1.165, 1.54) is 18.0 Å². The Morgan fingerprint density at radius 1 is 1.15 bits per heavy atom. The molecule has 1 aliphatic rings. The van der Waals surface area contributed by atoms with E-state index >= 15 is 0 Å². The summed E-state index contributed by atoms with van der Waals surface area (Å²) in [5.74, 6) is -4.56. The van der Waals surface area contributed by atoms with Crippen LogP contribution in [0.3, 0.4) is 0 Å². The largest absolute Gasteiger partial charge is 0.491 e. The molecule has 2 heterocycles. The number of benzene rings is 2. The smallest absolute Gasteiger partial charge is 0.417 e. The van der Waals surface area contributed by atoms with Gasteiger partial charge in [-0.1, -0.05) is 23.7 Å². The van der Waals surface area contributed by atoms with Gasteiger partial charge >= 0.3 is 12.1 Å². The van der Waals surface area contributed by atoms with Gasteiger partial charge in [-0.3, -0.25) is 14.6 Å². The van der Waals surface area contributed by atoms with Crippen molar-refractivity contribution in [3.05, 3.63) is 69.7 Å². The fourth-order valence-corrected chi connectivity index (χ4v) is 4.67. The van der Waals surface area contributed by atoms with Gasteiger partial charge in [0.2, 0.25) is 0 Å². The van der Waals surface area contributed by atoms with Gasteiger partial charge in [0.05, 0.1) is 21.0 Å². The number of ether oxygens (including phenoxy) is 1. The molecule has 1 aromatic heterocycles. The van der Waals surface area contributed by atoms with Gasteiger partial charge in [0.25, 0.3) is 11.8 Å². The van der Waals surface area contributed by atoms with Gasteiger partial charge in [0.1, 0.15) is 5.69 Å². The minimum atomic E-state index is -5.36. The fraction of sp³-hybridized carbons (Fsp3) is 0.222. The Hall–Kier alpha value is -3.94. The highest BCUT2D eigenvalue weighted by molar-refractivity contribution is 8.18. The van der Waals surface area contributed by atoms with E-state index in [0.29, 0.717) is 12.1 Å². The summed E-state index contributed by atoms with van der Waals surface area (Å²) >= 11 is 7.17. The Balaban J connectivity index is 1.71. The zero-order valence-electron chi connectivity index (χ0n) is 22.0. The van der Waals surface area contributed by atoms with E-state index in [0.717, 1.165) is 28.7 Å². The molecule has 41 heavy (non-hydrogen) atoms. The lowest BCUT2D eigenvalue weighted by Gasteiger charge is -2.21. The maximum Gasteiger partial charge on any atom is 0.491 e. The number of halogens is 4. The number of fused-ring (bicyclic) bond motifs is 1. The molecule has 2 amide bonds. The molecule has 2 aromatic carbocycles. The maximum absolute atomic E-state index is 13.2. The van der Waals surface area contributed by atoms with Crippen molar-refractivity contribution in [3.63, 3.8) is 0 Å². The van der Waals surface area contributed by atoms with Crippen molar-refractivity contribution in [2.24, 2.45) is 4.99 Å².